The number of hydrogen-bond acceptors (Lipinski definition) is 3. The minimum absolute atomic E-state index is 0.322. The Kier molecular flexibility index (Phi) is 2.91. The van der Waals surface area contributed by atoms with E-state index in [0.29, 0.717) is 11.5 Å². The highest BCUT2D eigenvalue weighted by atomic mass is 16.4. The van der Waals surface area contributed by atoms with Crippen LogP contribution in [0.3, 0.4) is 0 Å². The van der Waals surface area contributed by atoms with E-state index in [1.54, 1.807) is 6.07 Å². The molecule has 1 unspecified atom stereocenters. The zero-order valence-corrected chi connectivity index (χ0v) is 8.48. The fourth-order valence-electron chi connectivity index (χ4n) is 2.00. The molecule has 0 spiro atoms. The summed E-state index contributed by atoms with van der Waals surface area (Å²) in [5, 5.41) is 21.4. The molecule has 1 atom stereocenters. The molecule has 78 valence electrons. The lowest BCUT2D eigenvalue weighted by Crippen LogP contribution is -2.30. The van der Waals surface area contributed by atoms with Crippen LogP contribution in [0.25, 0.3) is 0 Å². The van der Waals surface area contributed by atoms with Crippen molar-refractivity contribution in [3.63, 3.8) is 0 Å². The van der Waals surface area contributed by atoms with Crippen LogP contribution in [-0.4, -0.2) is 17.2 Å². The summed E-state index contributed by atoms with van der Waals surface area (Å²) in [6.45, 7) is 4.51. The van der Waals surface area contributed by atoms with Crippen LogP contribution in [0.1, 0.15) is 23.6 Å². The van der Waals surface area contributed by atoms with Gasteiger partial charge < -0.3 is 15.4 Å². The third-order valence-corrected chi connectivity index (χ3v) is 2.78. The van der Waals surface area contributed by atoms with E-state index in [0.717, 1.165) is 18.5 Å². The number of fused-ring (bicyclic) bond motifs is 1. The van der Waals surface area contributed by atoms with Gasteiger partial charge in [0.15, 0.2) is 0 Å². The molecule has 0 fully saturated rings. The van der Waals surface area contributed by atoms with Gasteiger partial charge in [0.25, 0.3) is 0 Å². The summed E-state index contributed by atoms with van der Waals surface area (Å²) < 4.78 is 0. The van der Waals surface area contributed by atoms with Gasteiger partial charge in [0, 0.05) is 12.6 Å². The van der Waals surface area contributed by atoms with E-state index in [4.69, 9.17) is 10.0 Å². The second-order valence-corrected chi connectivity index (χ2v) is 3.79. The van der Waals surface area contributed by atoms with E-state index in [9.17, 15) is 0 Å². The van der Waals surface area contributed by atoms with Gasteiger partial charge in [0.2, 0.25) is 0 Å². The molecule has 0 aromatic heterocycles. The smallest absolute Gasteiger partial charge is 0.423 e. The molecular weight excluding hydrogens is 189 g/mol. The lowest BCUT2D eigenvalue weighted by atomic mass is 9.79. The summed E-state index contributed by atoms with van der Waals surface area (Å²) >= 11 is 0. The van der Waals surface area contributed by atoms with Gasteiger partial charge in [0.05, 0.1) is 0 Å². The lowest BCUT2D eigenvalue weighted by Gasteiger charge is -2.09. The zero-order valence-electron chi connectivity index (χ0n) is 8.48. The molecule has 0 saturated heterocycles. The molecule has 1 aliphatic heterocycles. The van der Waals surface area contributed by atoms with Crippen molar-refractivity contribution in [1.29, 1.82) is 0 Å². The maximum absolute atomic E-state index is 9.04. The van der Waals surface area contributed by atoms with Crippen molar-refractivity contribution in [3.05, 3.63) is 42.0 Å². The maximum Gasteiger partial charge on any atom is 0.488 e. The minimum atomic E-state index is -1.38. The van der Waals surface area contributed by atoms with Crippen molar-refractivity contribution in [1.82, 2.24) is 5.32 Å². The predicted octanol–water partition coefficient (Wildman–Crippen LogP) is 0.0868. The summed E-state index contributed by atoms with van der Waals surface area (Å²) in [5.74, 6) is 0. The fraction of sp³-hybridized carbons (Fsp3) is 0.273. The van der Waals surface area contributed by atoms with Crippen LogP contribution >= 0.6 is 0 Å². The third kappa shape index (κ3) is 1.97. The second-order valence-electron chi connectivity index (χ2n) is 3.79. The Morgan fingerprint density at radius 3 is 3.00 bits per heavy atom. The van der Waals surface area contributed by atoms with Crippen molar-refractivity contribution < 1.29 is 10.0 Å². The molecule has 3 N–H and O–H groups in total. The molecule has 0 bridgehead atoms. The van der Waals surface area contributed by atoms with Crippen molar-refractivity contribution in [2.75, 3.05) is 0 Å². The molecule has 1 aromatic carbocycles. The van der Waals surface area contributed by atoms with Gasteiger partial charge in [-0.1, -0.05) is 24.3 Å². The molecule has 4 heteroatoms. The Balaban J connectivity index is 2.29. The molecule has 1 aliphatic rings. The van der Waals surface area contributed by atoms with Crippen molar-refractivity contribution in [2.45, 2.75) is 19.0 Å². The summed E-state index contributed by atoms with van der Waals surface area (Å²) in [6, 6.07) is 5.88. The first-order chi connectivity index (χ1) is 7.22. The van der Waals surface area contributed by atoms with Gasteiger partial charge in [-0.3, -0.25) is 0 Å². The van der Waals surface area contributed by atoms with Gasteiger partial charge in [-0.05, 0) is 23.0 Å². The molecule has 0 amide bonds. The van der Waals surface area contributed by atoms with Gasteiger partial charge >= 0.3 is 7.12 Å². The van der Waals surface area contributed by atoms with Crippen LogP contribution in [0.5, 0.6) is 0 Å². The quantitative estimate of drug-likeness (QED) is 0.482. The molecule has 3 nitrogen and oxygen atoms in total. The van der Waals surface area contributed by atoms with Gasteiger partial charge in [0.1, 0.15) is 0 Å². The highest BCUT2D eigenvalue weighted by molar-refractivity contribution is 6.58. The Hall–Kier alpha value is -1.10. The first-order valence-electron chi connectivity index (χ1n) is 5.05. The molecule has 0 saturated carbocycles. The molecule has 1 aromatic rings. The van der Waals surface area contributed by atoms with E-state index >= 15 is 0 Å². The molecule has 1 heterocycles. The monoisotopic (exact) mass is 203 g/mol. The van der Waals surface area contributed by atoms with Crippen LogP contribution in [0, 0.1) is 0 Å². The largest absolute Gasteiger partial charge is 0.488 e. The third-order valence-electron chi connectivity index (χ3n) is 2.78. The molecule has 0 aliphatic carbocycles. The predicted molar refractivity (Wildman–Crippen MR) is 60.7 cm³/mol. The summed E-state index contributed by atoms with van der Waals surface area (Å²) in [4.78, 5) is 0. The summed E-state index contributed by atoms with van der Waals surface area (Å²) in [6.07, 6.45) is 2.79. The number of hydrogen-bond donors (Lipinski definition) is 3. The number of nitrogens with one attached hydrogen (secondary N) is 1. The fourth-order valence-corrected chi connectivity index (χ4v) is 2.00. The highest BCUT2D eigenvalue weighted by Crippen LogP contribution is 2.26. The van der Waals surface area contributed by atoms with Crippen LogP contribution < -0.4 is 10.8 Å². The number of rotatable bonds is 3. The summed E-state index contributed by atoms with van der Waals surface area (Å²) in [5.41, 5.74) is 2.93. The Labute approximate surface area is 89.6 Å². The van der Waals surface area contributed by atoms with Crippen molar-refractivity contribution in [2.24, 2.45) is 0 Å². The lowest BCUT2D eigenvalue weighted by molar-refractivity contribution is 0.425. The van der Waals surface area contributed by atoms with Crippen LogP contribution in [0.4, 0.5) is 0 Å². The van der Waals surface area contributed by atoms with E-state index in [-0.39, 0.29) is 0 Å². The average Bonchev–Trinajstić information content (AvgIpc) is 2.61. The van der Waals surface area contributed by atoms with Gasteiger partial charge in [-0.25, -0.2) is 0 Å². The Bertz CT molecular complexity index is 379. The van der Waals surface area contributed by atoms with Gasteiger partial charge in [-0.15, -0.1) is 6.58 Å². The van der Waals surface area contributed by atoms with E-state index in [2.05, 4.69) is 11.9 Å². The van der Waals surface area contributed by atoms with Crippen LogP contribution in [-0.2, 0) is 6.54 Å². The standard InChI is InChI=1S/C11H14BNO2/c1-2-3-11-10-5-4-9(12(14)15)6-8(10)7-13-11/h2,4-6,11,13-15H,1,3,7H2. The first kappa shape index (κ1) is 10.4. The van der Waals surface area contributed by atoms with Crippen LogP contribution in [0.15, 0.2) is 30.9 Å². The zero-order chi connectivity index (χ0) is 10.8. The summed E-state index contributed by atoms with van der Waals surface area (Å²) in [7, 11) is -1.38. The molecule has 2 rings (SSSR count). The van der Waals surface area contributed by atoms with Crippen LogP contribution in [0.2, 0.25) is 0 Å². The normalized spacial score (nSPS) is 18.7. The SMILES string of the molecule is C=CCC1NCc2cc(B(O)O)ccc21. The Morgan fingerprint density at radius 1 is 1.53 bits per heavy atom. The second kappa shape index (κ2) is 4.19. The highest BCUT2D eigenvalue weighted by Gasteiger charge is 2.22. The average molecular weight is 203 g/mol. The van der Waals surface area contributed by atoms with Gasteiger partial charge in [-0.2, -0.15) is 0 Å². The first-order valence-corrected chi connectivity index (χ1v) is 5.05. The molecule has 15 heavy (non-hydrogen) atoms. The number of benzene rings is 1. The molecule has 0 radical (unpaired) electrons. The minimum Gasteiger partial charge on any atom is -0.423 e. The van der Waals surface area contributed by atoms with Crippen molar-refractivity contribution >= 4 is 12.6 Å². The van der Waals surface area contributed by atoms with E-state index in [1.807, 2.05) is 18.2 Å². The van der Waals surface area contributed by atoms with E-state index < -0.39 is 7.12 Å². The topological polar surface area (TPSA) is 52.5 Å². The van der Waals surface area contributed by atoms with Crippen molar-refractivity contribution in [3.8, 4) is 0 Å². The van der Waals surface area contributed by atoms with E-state index in [1.165, 1.54) is 5.56 Å². The maximum atomic E-state index is 9.04. The molecular formula is C11H14BNO2. The Morgan fingerprint density at radius 2 is 2.33 bits per heavy atom.